The van der Waals surface area contributed by atoms with Crippen molar-refractivity contribution < 1.29 is 14.6 Å². The maximum absolute atomic E-state index is 13.1. The fourth-order valence-electron chi connectivity index (χ4n) is 4.26. The minimum Gasteiger partial charge on any atom is -0.504 e. The van der Waals surface area contributed by atoms with Crippen molar-refractivity contribution in [3.63, 3.8) is 0 Å². The normalized spacial score (nSPS) is 20.0. The smallest absolute Gasteiger partial charge is 0.327 e. The number of fused-ring (bicyclic) bond motifs is 1. The number of phenolic OH excluding ortho intramolecular Hbond substituents is 1. The molecule has 0 saturated carbocycles. The summed E-state index contributed by atoms with van der Waals surface area (Å²) in [6.45, 7) is 6.17. The zero-order chi connectivity index (χ0) is 20.9. The van der Waals surface area contributed by atoms with E-state index in [-0.39, 0.29) is 28.3 Å². The van der Waals surface area contributed by atoms with E-state index in [4.69, 9.17) is 4.74 Å². The number of carbonyl (C=O) groups is 1. The average Bonchev–Trinajstić information content (AvgIpc) is 2.60. The zero-order valence-electron chi connectivity index (χ0n) is 16.5. The van der Waals surface area contributed by atoms with Gasteiger partial charge in [0.15, 0.2) is 17.3 Å². The van der Waals surface area contributed by atoms with E-state index in [1.165, 1.54) is 6.07 Å². The Kier molecular flexibility index (Phi) is 4.37. The number of anilines is 1. The van der Waals surface area contributed by atoms with Crippen molar-refractivity contribution in [2.45, 2.75) is 39.5 Å². The van der Waals surface area contributed by atoms with E-state index < -0.39 is 17.2 Å². The number of H-pyrrole nitrogens is 2. The first-order valence-electron chi connectivity index (χ1n) is 9.55. The van der Waals surface area contributed by atoms with Crippen LogP contribution < -0.4 is 21.3 Å². The first-order chi connectivity index (χ1) is 13.7. The first-order valence-corrected chi connectivity index (χ1v) is 9.55. The van der Waals surface area contributed by atoms with Gasteiger partial charge in [0, 0.05) is 23.6 Å². The van der Waals surface area contributed by atoms with Gasteiger partial charge in [0.2, 0.25) is 0 Å². The minimum atomic E-state index is -0.676. The van der Waals surface area contributed by atoms with Crippen molar-refractivity contribution in [1.82, 2.24) is 9.97 Å². The number of rotatable bonds is 3. The molecule has 4 rings (SSSR count). The largest absolute Gasteiger partial charge is 0.504 e. The third-order valence-electron chi connectivity index (χ3n) is 5.37. The van der Waals surface area contributed by atoms with Crippen molar-refractivity contribution >= 4 is 11.6 Å². The van der Waals surface area contributed by atoms with Crippen LogP contribution in [0.4, 0.5) is 5.82 Å². The Morgan fingerprint density at radius 3 is 2.66 bits per heavy atom. The highest BCUT2D eigenvalue weighted by Gasteiger charge is 2.42. The van der Waals surface area contributed by atoms with Crippen LogP contribution >= 0.6 is 0 Å². The Bertz CT molecular complexity index is 1160. The molecule has 1 aliphatic carbocycles. The summed E-state index contributed by atoms with van der Waals surface area (Å²) < 4.78 is 5.49. The summed E-state index contributed by atoms with van der Waals surface area (Å²) in [6.07, 6.45) is 0.965. The molecule has 29 heavy (non-hydrogen) atoms. The number of benzene rings is 1. The van der Waals surface area contributed by atoms with Gasteiger partial charge in [-0.05, 0) is 36.5 Å². The molecule has 1 aliphatic heterocycles. The number of phenols is 1. The molecule has 4 N–H and O–H groups in total. The van der Waals surface area contributed by atoms with Gasteiger partial charge in [0.25, 0.3) is 5.56 Å². The molecule has 2 heterocycles. The lowest BCUT2D eigenvalue weighted by Gasteiger charge is -2.38. The van der Waals surface area contributed by atoms with Gasteiger partial charge in [0.1, 0.15) is 5.82 Å². The predicted molar refractivity (Wildman–Crippen MR) is 107 cm³/mol. The van der Waals surface area contributed by atoms with Gasteiger partial charge in [-0.3, -0.25) is 19.6 Å². The van der Waals surface area contributed by atoms with Gasteiger partial charge in [-0.1, -0.05) is 19.9 Å². The summed E-state index contributed by atoms with van der Waals surface area (Å²) in [6, 6.07) is 4.79. The summed E-state index contributed by atoms with van der Waals surface area (Å²) >= 11 is 0. The van der Waals surface area contributed by atoms with Crippen LogP contribution in [0.3, 0.4) is 0 Å². The highest BCUT2D eigenvalue weighted by molar-refractivity contribution is 6.01. The van der Waals surface area contributed by atoms with Crippen LogP contribution in [-0.2, 0) is 4.79 Å². The Hall–Kier alpha value is -3.29. The van der Waals surface area contributed by atoms with Crippen LogP contribution in [0.5, 0.6) is 11.5 Å². The Morgan fingerprint density at radius 2 is 1.93 bits per heavy atom. The summed E-state index contributed by atoms with van der Waals surface area (Å²) in [4.78, 5) is 42.6. The van der Waals surface area contributed by atoms with Gasteiger partial charge in [-0.2, -0.15) is 0 Å². The molecule has 0 amide bonds. The number of hydrogen-bond donors (Lipinski definition) is 4. The molecule has 152 valence electrons. The van der Waals surface area contributed by atoms with Crippen LogP contribution in [0.2, 0.25) is 0 Å². The van der Waals surface area contributed by atoms with Gasteiger partial charge >= 0.3 is 5.69 Å². The third kappa shape index (κ3) is 3.24. The van der Waals surface area contributed by atoms with Gasteiger partial charge in [0.05, 0.1) is 12.2 Å². The third-order valence-corrected chi connectivity index (χ3v) is 5.37. The number of ether oxygens (including phenoxy) is 1. The Labute approximate surface area is 166 Å². The molecule has 2 aromatic rings. The van der Waals surface area contributed by atoms with Crippen molar-refractivity contribution in [2.24, 2.45) is 5.41 Å². The minimum absolute atomic E-state index is 0.0227. The molecule has 2 aliphatic rings. The van der Waals surface area contributed by atoms with Crippen LogP contribution in [0.15, 0.2) is 39.1 Å². The monoisotopic (exact) mass is 397 g/mol. The summed E-state index contributed by atoms with van der Waals surface area (Å²) in [5, 5.41) is 13.2. The lowest BCUT2D eigenvalue weighted by molar-refractivity contribution is -0.118. The zero-order valence-corrected chi connectivity index (χ0v) is 16.5. The number of allylic oxidation sites excluding steroid dienone is 2. The molecule has 1 unspecified atom stereocenters. The van der Waals surface area contributed by atoms with Crippen LogP contribution in [-0.4, -0.2) is 27.5 Å². The molecule has 0 radical (unpaired) electrons. The van der Waals surface area contributed by atoms with E-state index in [1.54, 1.807) is 19.1 Å². The second-order valence-electron chi connectivity index (χ2n) is 8.25. The number of aromatic nitrogens is 2. The number of hydrogen-bond acceptors (Lipinski definition) is 6. The van der Waals surface area contributed by atoms with Crippen LogP contribution in [0, 0.1) is 5.41 Å². The van der Waals surface area contributed by atoms with Crippen molar-refractivity contribution in [1.29, 1.82) is 0 Å². The molecule has 1 aromatic carbocycles. The number of aromatic hydroxyl groups is 1. The van der Waals surface area contributed by atoms with E-state index >= 15 is 0 Å². The first kappa shape index (κ1) is 19.0. The van der Waals surface area contributed by atoms with E-state index in [2.05, 4.69) is 15.3 Å². The summed E-state index contributed by atoms with van der Waals surface area (Å²) in [5.74, 6) is -0.178. The molecule has 0 spiro atoms. The second-order valence-corrected chi connectivity index (χ2v) is 8.25. The topological polar surface area (TPSA) is 124 Å². The van der Waals surface area contributed by atoms with Crippen LogP contribution in [0.25, 0.3) is 0 Å². The molecule has 1 aromatic heterocycles. The standard InChI is InChI=1S/C21H23N3O5/c1-4-29-14-7-10(5-6-12(14)25)15-16-11(8-21(2,3)9-13(16)26)22-18-17(15)19(27)24-20(28)23-18/h5-7,15,25H,4,8-9H2,1-3H3,(H3,22,23,24,27,28). The summed E-state index contributed by atoms with van der Waals surface area (Å²) in [5.41, 5.74) is 0.704. The molecular weight excluding hydrogens is 374 g/mol. The SMILES string of the molecule is CCOc1cc(C2C3=C(CC(C)(C)CC3=O)Nc3[nH]c(=O)[nH]c(=O)c32)ccc1O. The Morgan fingerprint density at radius 1 is 1.17 bits per heavy atom. The van der Waals surface area contributed by atoms with E-state index in [0.717, 1.165) is 0 Å². The molecule has 0 bridgehead atoms. The average molecular weight is 397 g/mol. The summed E-state index contributed by atoms with van der Waals surface area (Å²) in [7, 11) is 0. The molecular formula is C21H23N3O5. The quantitative estimate of drug-likeness (QED) is 0.630. The highest BCUT2D eigenvalue weighted by Crippen LogP contribution is 2.48. The van der Waals surface area contributed by atoms with Gasteiger partial charge in [-0.25, -0.2) is 4.79 Å². The fraction of sp³-hybridized carbons (Fsp3) is 0.381. The second kappa shape index (κ2) is 6.65. The molecule has 0 fully saturated rings. The van der Waals surface area contributed by atoms with E-state index in [1.807, 2.05) is 13.8 Å². The lowest BCUT2D eigenvalue weighted by Crippen LogP contribution is -2.38. The highest BCUT2D eigenvalue weighted by atomic mass is 16.5. The molecule has 1 atom stereocenters. The molecule has 8 heteroatoms. The number of Topliss-reactive ketones (excluding diaryl/α,β-unsaturated/α-hetero) is 1. The van der Waals surface area contributed by atoms with Gasteiger partial charge in [-0.15, -0.1) is 0 Å². The fourth-order valence-corrected chi connectivity index (χ4v) is 4.26. The number of ketones is 1. The van der Waals surface area contributed by atoms with Crippen molar-refractivity contribution in [3.05, 3.63) is 61.4 Å². The predicted octanol–water partition coefficient (Wildman–Crippen LogP) is 2.37. The Balaban J connectivity index is 1.98. The molecule has 8 nitrogen and oxygen atoms in total. The maximum Gasteiger partial charge on any atom is 0.327 e. The number of nitrogens with one attached hydrogen (secondary N) is 3. The van der Waals surface area contributed by atoms with Crippen LogP contribution in [0.1, 0.15) is 50.7 Å². The van der Waals surface area contributed by atoms with E-state index in [0.29, 0.717) is 42.1 Å². The van der Waals surface area contributed by atoms with E-state index in [9.17, 15) is 19.5 Å². The number of carbonyl (C=O) groups excluding carboxylic acids is 1. The van der Waals surface area contributed by atoms with Gasteiger partial charge < -0.3 is 15.2 Å². The van der Waals surface area contributed by atoms with Crippen molar-refractivity contribution in [2.75, 3.05) is 11.9 Å². The molecule has 0 saturated heterocycles. The maximum atomic E-state index is 13.1. The number of aromatic amines is 2. The lowest BCUT2D eigenvalue weighted by atomic mass is 9.69. The van der Waals surface area contributed by atoms with Crippen molar-refractivity contribution in [3.8, 4) is 11.5 Å².